The summed E-state index contributed by atoms with van der Waals surface area (Å²) in [5.74, 6) is -0.338. The minimum atomic E-state index is -0.178. The van der Waals surface area contributed by atoms with Crippen LogP contribution in [-0.4, -0.2) is 25.3 Å². The molecule has 2 heterocycles. The Labute approximate surface area is 156 Å². The Morgan fingerprint density at radius 1 is 0.808 bits per heavy atom. The summed E-state index contributed by atoms with van der Waals surface area (Å²) in [5.41, 5.74) is 2.70. The highest BCUT2D eigenvalue weighted by molar-refractivity contribution is 7.99. The molecule has 5 nitrogen and oxygen atoms in total. The number of rotatable bonds is 2. The topological polar surface area (TPSA) is 72.8 Å². The molecule has 2 aromatic heterocycles. The number of benzene rings is 2. The maximum absolute atomic E-state index is 13.0. The SMILES string of the molecule is O=C1c2ccccc2C(=O)c2c1cc(Sc1ccccn1)c1nsnc21. The number of aromatic nitrogens is 3. The van der Waals surface area contributed by atoms with Crippen molar-refractivity contribution in [1.29, 1.82) is 0 Å². The molecule has 5 rings (SSSR count). The monoisotopic (exact) mass is 375 g/mol. The second-order valence-electron chi connectivity index (χ2n) is 5.73. The van der Waals surface area contributed by atoms with Crippen LogP contribution in [0.5, 0.6) is 0 Å². The molecule has 0 N–H and O–H groups in total. The molecular formula is C19H9N3O2S2. The van der Waals surface area contributed by atoms with Crippen LogP contribution in [0.3, 0.4) is 0 Å². The fourth-order valence-corrected chi connectivity index (χ4v) is 4.60. The highest BCUT2D eigenvalue weighted by Gasteiger charge is 2.33. The Morgan fingerprint density at radius 3 is 2.31 bits per heavy atom. The van der Waals surface area contributed by atoms with Gasteiger partial charge in [-0.3, -0.25) is 9.59 Å². The van der Waals surface area contributed by atoms with E-state index in [2.05, 4.69) is 13.7 Å². The van der Waals surface area contributed by atoms with E-state index in [1.807, 2.05) is 18.2 Å². The van der Waals surface area contributed by atoms with Gasteiger partial charge in [-0.2, -0.15) is 8.75 Å². The van der Waals surface area contributed by atoms with Gasteiger partial charge in [-0.1, -0.05) is 42.1 Å². The van der Waals surface area contributed by atoms with Gasteiger partial charge in [0.25, 0.3) is 0 Å². The molecular weight excluding hydrogens is 366 g/mol. The van der Waals surface area contributed by atoms with Gasteiger partial charge in [-0.05, 0) is 18.2 Å². The molecule has 0 bridgehead atoms. The number of hydrogen-bond acceptors (Lipinski definition) is 7. The number of ketones is 2. The van der Waals surface area contributed by atoms with Crippen LogP contribution in [0.1, 0.15) is 31.8 Å². The molecule has 26 heavy (non-hydrogen) atoms. The molecule has 1 aliphatic rings. The summed E-state index contributed by atoms with van der Waals surface area (Å²) in [7, 11) is 0. The van der Waals surface area contributed by atoms with E-state index in [1.54, 1.807) is 36.5 Å². The lowest BCUT2D eigenvalue weighted by atomic mass is 9.83. The highest BCUT2D eigenvalue weighted by atomic mass is 32.2. The van der Waals surface area contributed by atoms with E-state index in [4.69, 9.17) is 0 Å². The predicted molar refractivity (Wildman–Crippen MR) is 99.1 cm³/mol. The van der Waals surface area contributed by atoms with Gasteiger partial charge >= 0.3 is 0 Å². The first-order valence-electron chi connectivity index (χ1n) is 7.80. The van der Waals surface area contributed by atoms with E-state index >= 15 is 0 Å². The van der Waals surface area contributed by atoms with E-state index in [0.717, 1.165) is 21.6 Å². The molecule has 0 aliphatic heterocycles. The summed E-state index contributed by atoms with van der Waals surface area (Å²) in [6.45, 7) is 0. The summed E-state index contributed by atoms with van der Waals surface area (Å²) < 4.78 is 8.67. The molecule has 0 radical (unpaired) electrons. The molecule has 1 aliphatic carbocycles. The van der Waals surface area contributed by atoms with E-state index < -0.39 is 0 Å². The maximum atomic E-state index is 13.0. The minimum Gasteiger partial charge on any atom is -0.289 e. The van der Waals surface area contributed by atoms with Gasteiger partial charge in [0, 0.05) is 27.8 Å². The van der Waals surface area contributed by atoms with E-state index in [0.29, 0.717) is 33.3 Å². The Bertz CT molecular complexity index is 1200. The molecule has 0 atom stereocenters. The first-order chi connectivity index (χ1) is 12.7. The smallest absolute Gasteiger partial charge is 0.196 e. The number of pyridine rings is 1. The van der Waals surface area contributed by atoms with Crippen molar-refractivity contribution in [3.05, 3.63) is 77.0 Å². The fourth-order valence-electron chi connectivity index (χ4n) is 3.08. The third-order valence-electron chi connectivity index (χ3n) is 4.24. The van der Waals surface area contributed by atoms with Gasteiger partial charge in [-0.25, -0.2) is 4.98 Å². The normalized spacial score (nSPS) is 12.9. The number of fused-ring (bicyclic) bond motifs is 4. The second-order valence-corrected chi connectivity index (χ2v) is 7.32. The molecule has 0 amide bonds. The fraction of sp³-hybridized carbons (Fsp3) is 0. The molecule has 124 valence electrons. The first-order valence-corrected chi connectivity index (χ1v) is 9.35. The van der Waals surface area contributed by atoms with Gasteiger partial charge in [0.1, 0.15) is 16.1 Å². The second kappa shape index (κ2) is 5.82. The third kappa shape index (κ3) is 2.21. The number of carbonyl (C=O) groups excluding carboxylic acids is 2. The quantitative estimate of drug-likeness (QED) is 0.464. The van der Waals surface area contributed by atoms with Gasteiger partial charge in [0.2, 0.25) is 0 Å². The van der Waals surface area contributed by atoms with Crippen molar-refractivity contribution in [2.75, 3.05) is 0 Å². The summed E-state index contributed by atoms with van der Waals surface area (Å²) in [6.07, 6.45) is 1.71. The van der Waals surface area contributed by atoms with Crippen molar-refractivity contribution >= 4 is 46.1 Å². The lowest BCUT2D eigenvalue weighted by Gasteiger charge is -2.18. The van der Waals surface area contributed by atoms with E-state index in [9.17, 15) is 9.59 Å². The molecule has 0 saturated heterocycles. The van der Waals surface area contributed by atoms with Crippen LogP contribution in [0.2, 0.25) is 0 Å². The lowest BCUT2D eigenvalue weighted by molar-refractivity contribution is 0.0980. The van der Waals surface area contributed by atoms with Gasteiger partial charge in [0.15, 0.2) is 11.6 Å². The van der Waals surface area contributed by atoms with Crippen molar-refractivity contribution in [1.82, 2.24) is 13.7 Å². The third-order valence-corrected chi connectivity index (χ3v) is 5.75. The summed E-state index contributed by atoms with van der Waals surface area (Å²) in [4.78, 5) is 31.1. The average molecular weight is 375 g/mol. The Kier molecular flexibility index (Phi) is 3.44. The molecule has 0 unspecified atom stereocenters. The zero-order valence-corrected chi connectivity index (χ0v) is 14.8. The van der Waals surface area contributed by atoms with Gasteiger partial charge in [0.05, 0.1) is 17.3 Å². The van der Waals surface area contributed by atoms with Crippen LogP contribution in [0.15, 0.2) is 64.6 Å². The molecule has 2 aromatic carbocycles. The van der Waals surface area contributed by atoms with Crippen molar-refractivity contribution in [3.63, 3.8) is 0 Å². The van der Waals surface area contributed by atoms with Crippen molar-refractivity contribution in [3.8, 4) is 0 Å². The zero-order chi connectivity index (χ0) is 17.7. The molecule has 7 heteroatoms. The van der Waals surface area contributed by atoms with Crippen LogP contribution in [0.25, 0.3) is 11.0 Å². The average Bonchev–Trinajstić information content (AvgIpc) is 3.17. The standard InChI is InChI=1S/C19H9N3O2S2/c23-18-10-5-1-2-6-11(10)19(24)15-12(18)9-13(16-17(15)22-26-21-16)25-14-7-3-4-8-20-14/h1-9H. The van der Waals surface area contributed by atoms with Crippen molar-refractivity contribution < 1.29 is 9.59 Å². The molecule has 0 spiro atoms. The molecule has 0 saturated carbocycles. The zero-order valence-electron chi connectivity index (χ0n) is 13.2. The Hall–Kier alpha value is -2.90. The Morgan fingerprint density at radius 2 is 1.54 bits per heavy atom. The maximum Gasteiger partial charge on any atom is 0.196 e. The molecule has 0 fully saturated rings. The van der Waals surface area contributed by atoms with Crippen LogP contribution < -0.4 is 0 Å². The number of nitrogens with zero attached hydrogens (tertiary/aromatic N) is 3. The van der Waals surface area contributed by atoms with Crippen LogP contribution >= 0.6 is 23.5 Å². The van der Waals surface area contributed by atoms with Crippen LogP contribution in [0, 0.1) is 0 Å². The van der Waals surface area contributed by atoms with Gasteiger partial charge in [-0.15, -0.1) is 0 Å². The first kappa shape index (κ1) is 15.4. The summed E-state index contributed by atoms with van der Waals surface area (Å²) >= 11 is 2.45. The highest BCUT2D eigenvalue weighted by Crippen LogP contribution is 2.38. The molecule has 4 aromatic rings. The van der Waals surface area contributed by atoms with Crippen molar-refractivity contribution in [2.24, 2.45) is 0 Å². The summed E-state index contributed by atoms with van der Waals surface area (Å²) in [5, 5.41) is 0.789. The van der Waals surface area contributed by atoms with Gasteiger partial charge < -0.3 is 0 Å². The Balaban J connectivity index is 1.76. The van der Waals surface area contributed by atoms with E-state index in [-0.39, 0.29) is 11.6 Å². The minimum absolute atomic E-state index is 0.159. The predicted octanol–water partition coefficient (Wildman–Crippen LogP) is 4.01. The lowest BCUT2D eigenvalue weighted by Crippen LogP contribution is -2.21. The largest absolute Gasteiger partial charge is 0.289 e. The summed E-state index contributed by atoms with van der Waals surface area (Å²) in [6, 6.07) is 14.3. The van der Waals surface area contributed by atoms with E-state index in [1.165, 1.54) is 11.8 Å². The van der Waals surface area contributed by atoms with Crippen molar-refractivity contribution in [2.45, 2.75) is 9.92 Å². The van der Waals surface area contributed by atoms with Crippen LogP contribution in [-0.2, 0) is 0 Å². The number of carbonyl (C=O) groups is 2. The number of hydrogen-bond donors (Lipinski definition) is 0. The van der Waals surface area contributed by atoms with Crippen LogP contribution in [0.4, 0.5) is 0 Å².